The van der Waals surface area contributed by atoms with E-state index in [9.17, 15) is 14.7 Å². The first-order valence-corrected chi connectivity index (χ1v) is 12.6. The average Bonchev–Trinajstić information content (AvgIpc) is 3.36. The van der Waals surface area contributed by atoms with E-state index in [1.165, 1.54) is 0 Å². The monoisotopic (exact) mass is 532 g/mol. The molecule has 0 bridgehead atoms. The molecule has 4 rings (SSSR count). The van der Waals surface area contributed by atoms with Crippen LogP contribution in [0.4, 0.5) is 5.82 Å². The summed E-state index contributed by atoms with van der Waals surface area (Å²) in [5.74, 6) is -0.769. The van der Waals surface area contributed by atoms with Crippen molar-refractivity contribution < 1.29 is 14.7 Å². The van der Waals surface area contributed by atoms with Gasteiger partial charge in [0.2, 0.25) is 0 Å². The molecule has 0 aliphatic heterocycles. The maximum Gasteiger partial charge on any atom is 0.326 e. The van der Waals surface area contributed by atoms with E-state index in [0.29, 0.717) is 29.1 Å². The molecular formula is C28H29ClN6O3. The molecule has 1 amide bonds. The van der Waals surface area contributed by atoms with Crippen molar-refractivity contribution in [1.82, 2.24) is 25.3 Å². The SMILES string of the molecule is CCc1cc(Cl)cc(C)c1C(=O)NC(Cc1ccc(-n2cc(CNc3cc(C)ccn3)nn2)cc1)C(=O)O. The van der Waals surface area contributed by atoms with Crippen LogP contribution in [0.5, 0.6) is 0 Å². The van der Waals surface area contributed by atoms with Gasteiger partial charge in [-0.2, -0.15) is 0 Å². The van der Waals surface area contributed by atoms with Gasteiger partial charge in [-0.05, 0) is 78.9 Å². The number of halogens is 1. The molecule has 0 aliphatic rings. The molecule has 0 aliphatic carbocycles. The van der Waals surface area contributed by atoms with Gasteiger partial charge in [0.15, 0.2) is 0 Å². The van der Waals surface area contributed by atoms with Gasteiger partial charge in [0, 0.05) is 23.2 Å². The normalized spacial score (nSPS) is 11.7. The van der Waals surface area contributed by atoms with E-state index >= 15 is 0 Å². The molecular weight excluding hydrogens is 504 g/mol. The van der Waals surface area contributed by atoms with Crippen LogP contribution in [0.15, 0.2) is 60.9 Å². The lowest BCUT2D eigenvalue weighted by Crippen LogP contribution is -2.42. The first-order chi connectivity index (χ1) is 18.2. The van der Waals surface area contributed by atoms with Gasteiger partial charge in [0.25, 0.3) is 5.91 Å². The maximum atomic E-state index is 13.0. The van der Waals surface area contributed by atoms with Crippen LogP contribution >= 0.6 is 11.6 Å². The van der Waals surface area contributed by atoms with E-state index in [1.807, 2.05) is 56.4 Å². The third kappa shape index (κ3) is 6.54. The first-order valence-electron chi connectivity index (χ1n) is 12.2. The number of carboxylic acid groups (broad SMARTS) is 1. The van der Waals surface area contributed by atoms with Crippen LogP contribution in [-0.2, 0) is 24.2 Å². The van der Waals surface area contributed by atoms with Crippen molar-refractivity contribution in [3.05, 3.63) is 99.5 Å². The molecule has 10 heteroatoms. The summed E-state index contributed by atoms with van der Waals surface area (Å²) in [5.41, 5.74) is 5.35. The highest BCUT2D eigenvalue weighted by atomic mass is 35.5. The molecule has 196 valence electrons. The van der Waals surface area contributed by atoms with E-state index in [0.717, 1.165) is 33.9 Å². The number of hydrogen-bond donors (Lipinski definition) is 3. The van der Waals surface area contributed by atoms with Crippen LogP contribution in [0, 0.1) is 13.8 Å². The molecule has 1 unspecified atom stereocenters. The molecule has 2 aromatic heterocycles. The van der Waals surface area contributed by atoms with Crippen molar-refractivity contribution in [2.24, 2.45) is 0 Å². The van der Waals surface area contributed by atoms with Crippen LogP contribution in [0.25, 0.3) is 5.69 Å². The molecule has 3 N–H and O–H groups in total. The number of aryl methyl sites for hydroxylation is 3. The zero-order valence-electron chi connectivity index (χ0n) is 21.4. The van der Waals surface area contributed by atoms with Crippen LogP contribution in [0.2, 0.25) is 5.02 Å². The summed E-state index contributed by atoms with van der Waals surface area (Å²) in [6.45, 7) is 6.19. The number of amides is 1. The van der Waals surface area contributed by atoms with Crippen LogP contribution < -0.4 is 10.6 Å². The smallest absolute Gasteiger partial charge is 0.326 e. The number of aromatic nitrogens is 4. The molecule has 0 spiro atoms. The number of nitrogens with one attached hydrogen (secondary N) is 2. The topological polar surface area (TPSA) is 122 Å². The Morgan fingerprint density at radius 1 is 1.11 bits per heavy atom. The highest BCUT2D eigenvalue weighted by molar-refractivity contribution is 6.30. The van der Waals surface area contributed by atoms with E-state index in [1.54, 1.807) is 29.9 Å². The van der Waals surface area contributed by atoms with Crippen LogP contribution in [0.3, 0.4) is 0 Å². The zero-order valence-corrected chi connectivity index (χ0v) is 22.2. The number of carbonyl (C=O) groups is 2. The number of carbonyl (C=O) groups excluding carboxylic acids is 1. The van der Waals surface area contributed by atoms with Gasteiger partial charge in [-0.25, -0.2) is 14.5 Å². The molecule has 2 heterocycles. The van der Waals surface area contributed by atoms with Crippen molar-refractivity contribution in [3.63, 3.8) is 0 Å². The van der Waals surface area contributed by atoms with Crippen LogP contribution in [-0.4, -0.2) is 43.0 Å². The molecule has 38 heavy (non-hydrogen) atoms. The molecule has 0 saturated heterocycles. The minimum Gasteiger partial charge on any atom is -0.480 e. The Balaban J connectivity index is 1.41. The van der Waals surface area contributed by atoms with Crippen molar-refractivity contribution in [3.8, 4) is 5.69 Å². The first kappa shape index (κ1) is 26.8. The highest BCUT2D eigenvalue weighted by Crippen LogP contribution is 2.22. The molecule has 4 aromatic rings. The quantitative estimate of drug-likeness (QED) is 0.274. The van der Waals surface area contributed by atoms with Gasteiger partial charge in [-0.15, -0.1) is 5.10 Å². The lowest BCUT2D eigenvalue weighted by molar-refractivity contribution is -0.139. The zero-order chi connectivity index (χ0) is 27.2. The van der Waals surface area contributed by atoms with E-state index in [-0.39, 0.29) is 6.42 Å². The van der Waals surface area contributed by atoms with Crippen LogP contribution in [0.1, 0.15) is 45.2 Å². The molecule has 0 fully saturated rings. The third-order valence-corrected chi connectivity index (χ3v) is 6.36. The number of rotatable bonds is 10. The third-order valence-electron chi connectivity index (χ3n) is 6.14. The Bertz CT molecular complexity index is 1450. The molecule has 0 saturated carbocycles. The Labute approximate surface area is 225 Å². The van der Waals surface area contributed by atoms with Gasteiger partial charge in [-0.3, -0.25) is 4.79 Å². The van der Waals surface area contributed by atoms with Gasteiger partial charge < -0.3 is 15.7 Å². The fourth-order valence-corrected chi connectivity index (χ4v) is 4.48. The summed E-state index contributed by atoms with van der Waals surface area (Å²) >= 11 is 6.13. The predicted octanol–water partition coefficient (Wildman–Crippen LogP) is 4.53. The minimum absolute atomic E-state index is 0.130. The predicted molar refractivity (Wildman–Crippen MR) is 146 cm³/mol. The Morgan fingerprint density at radius 3 is 2.55 bits per heavy atom. The number of carboxylic acids is 1. The van der Waals surface area contributed by atoms with Gasteiger partial charge >= 0.3 is 5.97 Å². The molecule has 1 atom stereocenters. The fraction of sp³-hybridized carbons (Fsp3) is 0.250. The fourth-order valence-electron chi connectivity index (χ4n) is 4.19. The van der Waals surface area contributed by atoms with Gasteiger partial charge in [0.05, 0.1) is 18.4 Å². The number of anilines is 1. The molecule has 0 radical (unpaired) electrons. The second kappa shape index (κ2) is 11.9. The van der Waals surface area contributed by atoms with Crippen molar-refractivity contribution in [1.29, 1.82) is 0 Å². The Hall–Kier alpha value is -4.24. The largest absolute Gasteiger partial charge is 0.480 e. The lowest BCUT2D eigenvalue weighted by Gasteiger charge is -2.18. The number of hydrogen-bond acceptors (Lipinski definition) is 6. The second-order valence-electron chi connectivity index (χ2n) is 9.07. The van der Waals surface area contributed by atoms with E-state index in [4.69, 9.17) is 11.6 Å². The van der Waals surface area contributed by atoms with Crippen molar-refractivity contribution >= 4 is 29.3 Å². The number of pyridine rings is 1. The summed E-state index contributed by atoms with van der Waals surface area (Å²) in [6.07, 6.45) is 4.30. The standard InChI is InChI=1S/C28H29ClN6O3/c1-4-20-14-21(29)12-18(3)26(20)27(36)32-24(28(37)38)13-19-5-7-23(8-6-19)35-16-22(33-34-35)15-31-25-11-17(2)9-10-30-25/h5-12,14,16,24H,4,13,15H2,1-3H3,(H,30,31)(H,32,36)(H,37,38). The number of nitrogens with zero attached hydrogens (tertiary/aromatic N) is 4. The number of benzene rings is 2. The van der Waals surface area contributed by atoms with Crippen molar-refractivity contribution in [2.45, 2.75) is 46.2 Å². The summed E-state index contributed by atoms with van der Waals surface area (Å²) in [4.78, 5) is 29.3. The molecule has 2 aromatic carbocycles. The lowest BCUT2D eigenvalue weighted by atomic mass is 9.98. The Morgan fingerprint density at radius 2 is 1.87 bits per heavy atom. The summed E-state index contributed by atoms with van der Waals surface area (Å²) in [7, 11) is 0. The number of aliphatic carboxylic acids is 1. The second-order valence-corrected chi connectivity index (χ2v) is 9.51. The summed E-state index contributed by atoms with van der Waals surface area (Å²) in [6, 6.07) is 13.5. The van der Waals surface area contributed by atoms with Gasteiger partial charge in [-0.1, -0.05) is 35.9 Å². The summed E-state index contributed by atoms with van der Waals surface area (Å²) in [5, 5.41) is 24.6. The Kier molecular flexibility index (Phi) is 8.38. The van der Waals surface area contributed by atoms with E-state index < -0.39 is 17.9 Å². The average molecular weight is 533 g/mol. The van der Waals surface area contributed by atoms with Crippen molar-refractivity contribution in [2.75, 3.05) is 5.32 Å². The van der Waals surface area contributed by atoms with Gasteiger partial charge in [0.1, 0.15) is 17.6 Å². The summed E-state index contributed by atoms with van der Waals surface area (Å²) < 4.78 is 1.65. The van der Waals surface area contributed by atoms with E-state index in [2.05, 4.69) is 25.9 Å². The maximum absolute atomic E-state index is 13.0. The molecule has 9 nitrogen and oxygen atoms in total. The minimum atomic E-state index is -1.11. The highest BCUT2D eigenvalue weighted by Gasteiger charge is 2.23.